The number of ether oxygens (including phenoxy) is 1. The summed E-state index contributed by atoms with van der Waals surface area (Å²) in [5, 5.41) is 9.10. The summed E-state index contributed by atoms with van der Waals surface area (Å²) in [5.41, 5.74) is 0. The molecule has 2 N–H and O–H groups in total. The number of carbonyl (C=O) groups excluding carboxylic acids is 1. The van der Waals surface area contributed by atoms with E-state index in [0.717, 1.165) is 63.6 Å². The van der Waals surface area contributed by atoms with Crippen LogP contribution in [0.5, 0.6) is 0 Å². The fourth-order valence-electron chi connectivity index (χ4n) is 3.46. The Labute approximate surface area is 182 Å². The van der Waals surface area contributed by atoms with Crippen LogP contribution in [0.4, 0.5) is 0 Å². The Bertz CT molecular complexity index is 753. The number of guanidine groups is 1. The largest absolute Gasteiger partial charge is 0.469 e. The Kier molecular flexibility index (Phi) is 9.24. The molecule has 1 aliphatic heterocycles. The number of thiophene rings is 1. The number of amides is 1. The molecular formula is C22H32N4O3S. The number of methoxy groups -OCH3 is 1. The molecule has 7 nitrogen and oxygen atoms in total. The maximum Gasteiger partial charge on any atom is 0.224 e. The molecule has 30 heavy (non-hydrogen) atoms. The highest BCUT2D eigenvalue weighted by atomic mass is 32.1. The first-order chi connectivity index (χ1) is 14.7. The zero-order valence-corrected chi connectivity index (χ0v) is 18.5. The number of nitrogens with zero attached hydrogens (tertiary/aromatic N) is 2. The SMILES string of the molecule is COCCC(=O)N1CCC(NC(=NCCc2cccs2)NCCc2ccco2)CC1. The number of aliphatic imine (C=N–C) groups is 1. The average molecular weight is 433 g/mol. The minimum absolute atomic E-state index is 0.178. The van der Waals surface area contributed by atoms with E-state index in [-0.39, 0.29) is 5.91 Å². The van der Waals surface area contributed by atoms with Crippen molar-refractivity contribution in [2.24, 2.45) is 4.99 Å². The van der Waals surface area contributed by atoms with E-state index in [1.165, 1.54) is 4.88 Å². The Morgan fingerprint density at radius 3 is 2.87 bits per heavy atom. The van der Waals surface area contributed by atoms with Crippen molar-refractivity contribution >= 4 is 23.2 Å². The molecule has 1 aliphatic rings. The van der Waals surface area contributed by atoms with Gasteiger partial charge in [-0.05, 0) is 36.4 Å². The van der Waals surface area contributed by atoms with Crippen LogP contribution >= 0.6 is 11.3 Å². The Hall–Kier alpha value is -2.32. The van der Waals surface area contributed by atoms with Gasteiger partial charge >= 0.3 is 0 Å². The van der Waals surface area contributed by atoms with Crippen molar-refractivity contribution in [3.63, 3.8) is 0 Å². The molecule has 1 amide bonds. The van der Waals surface area contributed by atoms with Crippen LogP contribution in [0.25, 0.3) is 0 Å². The van der Waals surface area contributed by atoms with Crippen LogP contribution in [0, 0.1) is 0 Å². The molecule has 0 aromatic carbocycles. The molecule has 164 valence electrons. The molecule has 0 saturated carbocycles. The molecule has 1 saturated heterocycles. The van der Waals surface area contributed by atoms with Gasteiger partial charge < -0.3 is 24.7 Å². The minimum atomic E-state index is 0.178. The molecule has 3 rings (SSSR count). The Morgan fingerprint density at radius 2 is 2.17 bits per heavy atom. The Balaban J connectivity index is 1.47. The van der Waals surface area contributed by atoms with Crippen LogP contribution in [0.3, 0.4) is 0 Å². The zero-order chi connectivity index (χ0) is 21.0. The highest BCUT2D eigenvalue weighted by Crippen LogP contribution is 2.12. The third-order valence-corrected chi connectivity index (χ3v) is 6.10. The van der Waals surface area contributed by atoms with Crippen molar-refractivity contribution < 1.29 is 13.9 Å². The van der Waals surface area contributed by atoms with Gasteiger partial charge in [-0.2, -0.15) is 0 Å². The van der Waals surface area contributed by atoms with Crippen molar-refractivity contribution in [3.05, 3.63) is 46.5 Å². The molecule has 0 atom stereocenters. The highest BCUT2D eigenvalue weighted by molar-refractivity contribution is 7.09. The molecule has 8 heteroatoms. The summed E-state index contributed by atoms with van der Waals surface area (Å²) < 4.78 is 10.4. The van der Waals surface area contributed by atoms with Crippen LogP contribution < -0.4 is 10.6 Å². The number of carbonyl (C=O) groups is 1. The van der Waals surface area contributed by atoms with Crippen molar-refractivity contribution in [1.82, 2.24) is 15.5 Å². The quantitative estimate of drug-likeness (QED) is 0.446. The summed E-state index contributed by atoms with van der Waals surface area (Å²) in [5.74, 6) is 1.97. The average Bonchev–Trinajstić information content (AvgIpc) is 3.47. The molecule has 0 aliphatic carbocycles. The van der Waals surface area contributed by atoms with Gasteiger partial charge in [0, 0.05) is 57.0 Å². The standard InChI is InChI=1S/C22H32N4O3S/c1-28-16-10-21(27)26-13-8-18(9-14-26)25-22(23-11-6-19-4-2-15-29-19)24-12-7-20-5-3-17-30-20/h2-5,15,17-18H,6-14,16H2,1H3,(H2,23,24,25). The van der Waals surface area contributed by atoms with E-state index in [9.17, 15) is 4.79 Å². The number of furan rings is 1. The van der Waals surface area contributed by atoms with Gasteiger partial charge in [0.1, 0.15) is 5.76 Å². The number of hydrogen-bond donors (Lipinski definition) is 2. The van der Waals surface area contributed by atoms with Gasteiger partial charge in [0.2, 0.25) is 5.91 Å². The van der Waals surface area contributed by atoms with E-state index in [1.807, 2.05) is 17.0 Å². The number of rotatable bonds is 10. The zero-order valence-electron chi connectivity index (χ0n) is 17.6. The van der Waals surface area contributed by atoms with Crippen LogP contribution in [-0.2, 0) is 22.4 Å². The number of piperidine rings is 1. The fourth-order valence-corrected chi connectivity index (χ4v) is 4.16. The molecule has 3 heterocycles. The third-order valence-electron chi connectivity index (χ3n) is 5.16. The summed E-state index contributed by atoms with van der Waals surface area (Å²) in [4.78, 5) is 20.2. The van der Waals surface area contributed by atoms with E-state index in [2.05, 4.69) is 28.1 Å². The first-order valence-corrected chi connectivity index (χ1v) is 11.5. The maximum absolute atomic E-state index is 12.2. The summed E-state index contributed by atoms with van der Waals surface area (Å²) in [7, 11) is 1.63. The first kappa shape index (κ1) is 22.4. The highest BCUT2D eigenvalue weighted by Gasteiger charge is 2.23. The maximum atomic E-state index is 12.2. The van der Waals surface area contributed by atoms with Crippen molar-refractivity contribution in [3.8, 4) is 0 Å². The Morgan fingerprint density at radius 1 is 1.30 bits per heavy atom. The molecule has 0 spiro atoms. The topological polar surface area (TPSA) is 79.1 Å². The fraction of sp³-hybridized carbons (Fsp3) is 0.545. The van der Waals surface area contributed by atoms with Gasteiger partial charge in [0.25, 0.3) is 0 Å². The van der Waals surface area contributed by atoms with Gasteiger partial charge in [-0.15, -0.1) is 11.3 Å². The third kappa shape index (κ3) is 7.50. The van der Waals surface area contributed by atoms with E-state index in [1.54, 1.807) is 24.7 Å². The lowest BCUT2D eigenvalue weighted by molar-refractivity contribution is -0.133. The van der Waals surface area contributed by atoms with E-state index >= 15 is 0 Å². The van der Waals surface area contributed by atoms with Gasteiger partial charge in [0.15, 0.2) is 5.96 Å². The van der Waals surface area contributed by atoms with Gasteiger partial charge in [-0.25, -0.2) is 0 Å². The van der Waals surface area contributed by atoms with Gasteiger partial charge in [0.05, 0.1) is 19.3 Å². The normalized spacial score (nSPS) is 15.4. The lowest BCUT2D eigenvalue weighted by Crippen LogP contribution is -2.50. The number of likely N-dealkylation sites (tertiary alicyclic amines) is 1. The number of hydrogen-bond acceptors (Lipinski definition) is 5. The van der Waals surface area contributed by atoms with E-state index in [0.29, 0.717) is 19.1 Å². The van der Waals surface area contributed by atoms with Gasteiger partial charge in [-0.3, -0.25) is 9.79 Å². The summed E-state index contributed by atoms with van der Waals surface area (Å²) in [6.45, 7) is 3.53. The first-order valence-electron chi connectivity index (χ1n) is 10.6. The molecule has 2 aromatic rings. The van der Waals surface area contributed by atoms with E-state index in [4.69, 9.17) is 14.1 Å². The summed E-state index contributed by atoms with van der Waals surface area (Å²) in [6, 6.07) is 8.43. The van der Waals surface area contributed by atoms with Crippen molar-refractivity contribution in [1.29, 1.82) is 0 Å². The smallest absolute Gasteiger partial charge is 0.224 e. The molecule has 1 fully saturated rings. The lowest BCUT2D eigenvalue weighted by atomic mass is 10.0. The second-order valence-corrected chi connectivity index (χ2v) is 8.39. The lowest BCUT2D eigenvalue weighted by Gasteiger charge is -2.33. The van der Waals surface area contributed by atoms with Crippen molar-refractivity contribution in [2.45, 2.75) is 38.1 Å². The molecule has 0 unspecified atom stereocenters. The number of nitrogens with one attached hydrogen (secondary N) is 2. The molecule has 0 bridgehead atoms. The van der Waals surface area contributed by atoms with Crippen LogP contribution in [0.2, 0.25) is 0 Å². The van der Waals surface area contributed by atoms with Crippen LogP contribution in [0.15, 0.2) is 45.3 Å². The van der Waals surface area contributed by atoms with Crippen LogP contribution in [0.1, 0.15) is 29.9 Å². The van der Waals surface area contributed by atoms with Crippen molar-refractivity contribution in [2.75, 3.05) is 39.9 Å². The predicted octanol–water partition coefficient (Wildman–Crippen LogP) is 2.69. The molecule has 0 radical (unpaired) electrons. The second kappa shape index (κ2) is 12.4. The van der Waals surface area contributed by atoms with Crippen LogP contribution in [-0.4, -0.2) is 62.7 Å². The predicted molar refractivity (Wildman–Crippen MR) is 120 cm³/mol. The van der Waals surface area contributed by atoms with Gasteiger partial charge in [-0.1, -0.05) is 6.07 Å². The minimum Gasteiger partial charge on any atom is -0.469 e. The van der Waals surface area contributed by atoms with E-state index < -0.39 is 0 Å². The molecular weight excluding hydrogens is 400 g/mol. The second-order valence-electron chi connectivity index (χ2n) is 7.36. The molecule has 2 aromatic heterocycles. The monoisotopic (exact) mass is 432 g/mol. The summed E-state index contributed by atoms with van der Waals surface area (Å²) in [6.07, 6.45) is 5.75. The summed E-state index contributed by atoms with van der Waals surface area (Å²) >= 11 is 1.77.